The van der Waals surface area contributed by atoms with Gasteiger partial charge < -0.3 is 5.73 Å². The second-order valence-electron chi connectivity index (χ2n) is 4.92. The molecule has 1 heterocycles. The highest BCUT2D eigenvalue weighted by Gasteiger charge is 2.24. The lowest BCUT2D eigenvalue weighted by molar-refractivity contribution is 0.536. The molecule has 0 saturated carbocycles. The summed E-state index contributed by atoms with van der Waals surface area (Å²) in [6, 6.07) is 0. The number of hydrogen-bond donors (Lipinski definition) is 1. The second-order valence-corrected chi connectivity index (χ2v) is 6.98. The van der Waals surface area contributed by atoms with E-state index < -0.39 is 15.4 Å². The lowest BCUT2D eigenvalue weighted by atomic mass is 10.1. The molecular weight excluding hydrogens is 240 g/mol. The van der Waals surface area contributed by atoms with Crippen molar-refractivity contribution in [1.29, 1.82) is 0 Å². The molecule has 0 bridgehead atoms. The molecule has 0 radical (unpaired) electrons. The molecule has 0 unspecified atom stereocenters. The van der Waals surface area contributed by atoms with Crippen LogP contribution in [0.25, 0.3) is 0 Å². The van der Waals surface area contributed by atoms with Gasteiger partial charge in [-0.1, -0.05) is 6.92 Å². The largest absolute Gasteiger partial charge is 0.325 e. The fraction of sp³-hybridized carbons (Fsp3) is 0.800. The van der Waals surface area contributed by atoms with E-state index in [2.05, 4.69) is 10.1 Å². The first-order valence-corrected chi connectivity index (χ1v) is 7.41. The van der Waals surface area contributed by atoms with Gasteiger partial charge in [-0.25, -0.2) is 18.1 Å². The number of sulfone groups is 1. The predicted octanol–water partition coefficient (Wildman–Crippen LogP) is 0.340. The van der Waals surface area contributed by atoms with Gasteiger partial charge in [0.05, 0.1) is 5.75 Å². The fourth-order valence-corrected chi connectivity index (χ4v) is 3.47. The molecule has 7 heteroatoms. The second kappa shape index (κ2) is 5.14. The van der Waals surface area contributed by atoms with Crippen LogP contribution in [-0.4, -0.2) is 34.5 Å². The Morgan fingerprint density at radius 1 is 1.47 bits per heavy atom. The maximum absolute atomic E-state index is 11.9. The zero-order chi connectivity index (χ0) is 13.1. The normalized spacial score (nSPS) is 12.9. The molecule has 0 aromatic carbocycles. The lowest BCUT2D eigenvalue weighted by Crippen LogP contribution is -2.40. The van der Waals surface area contributed by atoms with Crippen molar-refractivity contribution in [3.8, 4) is 0 Å². The number of nitrogens with zero attached hydrogens (tertiary/aromatic N) is 3. The van der Waals surface area contributed by atoms with Crippen molar-refractivity contribution in [1.82, 2.24) is 14.8 Å². The molecular formula is C10H20N4O2S. The monoisotopic (exact) mass is 260 g/mol. The van der Waals surface area contributed by atoms with Crippen LogP contribution in [0.5, 0.6) is 0 Å². The van der Waals surface area contributed by atoms with Crippen LogP contribution in [0.1, 0.15) is 33.0 Å². The molecule has 0 spiro atoms. The first kappa shape index (κ1) is 14.1. The highest BCUT2D eigenvalue weighted by atomic mass is 32.2. The van der Waals surface area contributed by atoms with Gasteiger partial charge in [-0.05, 0) is 20.3 Å². The zero-order valence-electron chi connectivity index (χ0n) is 10.5. The highest BCUT2D eigenvalue weighted by molar-refractivity contribution is 7.90. The molecule has 0 amide bonds. The standard InChI is InChI=1S/C10H20N4O2S/c1-4-5-14-9(12-8-13-14)6-17(15,16)7-10(2,3)11/h8H,4-7,11H2,1-3H3. The van der Waals surface area contributed by atoms with Gasteiger partial charge in [0.15, 0.2) is 9.84 Å². The molecule has 6 nitrogen and oxygen atoms in total. The lowest BCUT2D eigenvalue weighted by Gasteiger charge is -2.18. The van der Waals surface area contributed by atoms with E-state index in [-0.39, 0.29) is 11.5 Å². The van der Waals surface area contributed by atoms with Crippen molar-refractivity contribution < 1.29 is 8.42 Å². The molecule has 98 valence electrons. The molecule has 0 aliphatic heterocycles. The van der Waals surface area contributed by atoms with Crippen LogP contribution >= 0.6 is 0 Å². The van der Waals surface area contributed by atoms with Crippen molar-refractivity contribution in [3.05, 3.63) is 12.2 Å². The molecule has 0 atom stereocenters. The Balaban J connectivity index is 2.80. The molecule has 2 N–H and O–H groups in total. The summed E-state index contributed by atoms with van der Waals surface area (Å²) in [6.07, 6.45) is 2.27. The van der Waals surface area contributed by atoms with Crippen molar-refractivity contribution in [2.75, 3.05) is 5.75 Å². The third kappa shape index (κ3) is 4.82. The van der Waals surface area contributed by atoms with Crippen molar-refractivity contribution in [2.24, 2.45) is 5.73 Å². The summed E-state index contributed by atoms with van der Waals surface area (Å²) in [5.74, 6) is 0.322. The van der Waals surface area contributed by atoms with E-state index in [4.69, 9.17) is 5.73 Å². The van der Waals surface area contributed by atoms with E-state index in [1.807, 2.05) is 6.92 Å². The molecule has 17 heavy (non-hydrogen) atoms. The summed E-state index contributed by atoms with van der Waals surface area (Å²) in [7, 11) is -3.25. The Kier molecular flexibility index (Phi) is 4.26. The van der Waals surface area contributed by atoms with Crippen LogP contribution in [0.15, 0.2) is 6.33 Å². The van der Waals surface area contributed by atoms with Gasteiger partial charge >= 0.3 is 0 Å². The maximum Gasteiger partial charge on any atom is 0.159 e. The van der Waals surface area contributed by atoms with Gasteiger partial charge in [-0.15, -0.1) is 0 Å². The molecule has 0 aliphatic rings. The Labute approximate surface area is 102 Å². The first-order chi connectivity index (χ1) is 7.73. The molecule has 0 saturated heterocycles. The minimum atomic E-state index is -3.25. The Bertz CT molecular complexity index is 459. The third-order valence-electron chi connectivity index (χ3n) is 2.07. The average Bonchev–Trinajstić information content (AvgIpc) is 2.48. The smallest absolute Gasteiger partial charge is 0.159 e. The minimum Gasteiger partial charge on any atom is -0.325 e. The van der Waals surface area contributed by atoms with E-state index in [0.29, 0.717) is 12.4 Å². The van der Waals surface area contributed by atoms with Crippen LogP contribution < -0.4 is 5.73 Å². The van der Waals surface area contributed by atoms with Crippen LogP contribution in [0, 0.1) is 0 Å². The number of aromatic nitrogens is 3. The molecule has 0 aliphatic carbocycles. The summed E-state index contributed by atoms with van der Waals surface area (Å²) in [4.78, 5) is 3.98. The maximum atomic E-state index is 11.9. The summed E-state index contributed by atoms with van der Waals surface area (Å²) in [6.45, 7) is 6.07. The van der Waals surface area contributed by atoms with Gasteiger partial charge in [0.2, 0.25) is 0 Å². The SMILES string of the molecule is CCCn1ncnc1CS(=O)(=O)CC(C)(C)N. The van der Waals surface area contributed by atoms with Crippen molar-refractivity contribution in [3.63, 3.8) is 0 Å². The number of aryl methyl sites for hydroxylation is 1. The van der Waals surface area contributed by atoms with E-state index in [0.717, 1.165) is 6.42 Å². The molecule has 1 aromatic heterocycles. The van der Waals surface area contributed by atoms with E-state index >= 15 is 0 Å². The van der Waals surface area contributed by atoms with Crippen LogP contribution in [-0.2, 0) is 22.1 Å². The summed E-state index contributed by atoms with van der Waals surface area (Å²) >= 11 is 0. The van der Waals surface area contributed by atoms with Crippen molar-refractivity contribution >= 4 is 9.84 Å². The van der Waals surface area contributed by atoms with Gasteiger partial charge in [0.1, 0.15) is 17.9 Å². The Morgan fingerprint density at radius 3 is 2.65 bits per heavy atom. The van der Waals surface area contributed by atoms with E-state index in [1.54, 1.807) is 18.5 Å². The Morgan fingerprint density at radius 2 is 2.12 bits per heavy atom. The van der Waals surface area contributed by atoms with Crippen molar-refractivity contribution in [2.45, 2.75) is 45.0 Å². The summed E-state index contributed by atoms with van der Waals surface area (Å²) < 4.78 is 25.4. The number of rotatable bonds is 6. The van der Waals surface area contributed by atoms with Gasteiger partial charge in [0.25, 0.3) is 0 Å². The Hall–Kier alpha value is -0.950. The van der Waals surface area contributed by atoms with Gasteiger partial charge in [0, 0.05) is 12.1 Å². The van der Waals surface area contributed by atoms with Crippen LogP contribution in [0.3, 0.4) is 0 Å². The predicted molar refractivity (Wildman–Crippen MR) is 66.1 cm³/mol. The highest BCUT2D eigenvalue weighted by Crippen LogP contribution is 2.09. The quantitative estimate of drug-likeness (QED) is 0.796. The number of nitrogens with two attached hydrogens (primary N) is 1. The van der Waals surface area contributed by atoms with Gasteiger partial charge in [-0.2, -0.15) is 5.10 Å². The van der Waals surface area contributed by atoms with E-state index in [9.17, 15) is 8.42 Å². The zero-order valence-corrected chi connectivity index (χ0v) is 11.4. The molecule has 1 aromatic rings. The number of hydrogen-bond acceptors (Lipinski definition) is 5. The van der Waals surface area contributed by atoms with Gasteiger partial charge in [-0.3, -0.25) is 0 Å². The fourth-order valence-electron chi connectivity index (χ4n) is 1.61. The van der Waals surface area contributed by atoms with E-state index in [1.165, 1.54) is 6.33 Å². The topological polar surface area (TPSA) is 90.9 Å². The molecule has 0 fully saturated rings. The summed E-state index contributed by atoms with van der Waals surface area (Å²) in [5.41, 5.74) is 5.00. The minimum absolute atomic E-state index is 0.0566. The average molecular weight is 260 g/mol. The van der Waals surface area contributed by atoms with Crippen LogP contribution in [0.4, 0.5) is 0 Å². The first-order valence-electron chi connectivity index (χ1n) is 5.59. The third-order valence-corrected chi connectivity index (χ3v) is 3.95. The van der Waals surface area contributed by atoms with Crippen LogP contribution in [0.2, 0.25) is 0 Å². The summed E-state index contributed by atoms with van der Waals surface area (Å²) in [5, 5.41) is 4.00. The molecule has 1 rings (SSSR count).